The smallest absolute Gasteiger partial charge is 0.222 e. The van der Waals surface area contributed by atoms with Crippen molar-refractivity contribution in [3.63, 3.8) is 0 Å². The van der Waals surface area contributed by atoms with Crippen molar-refractivity contribution >= 4 is 11.7 Å². The quantitative estimate of drug-likeness (QED) is 0.768. The Labute approximate surface area is 115 Å². The van der Waals surface area contributed by atoms with Crippen LogP contribution in [-0.4, -0.2) is 33.2 Å². The second-order valence-electron chi connectivity index (χ2n) is 4.81. The molecule has 0 aliphatic heterocycles. The number of rotatable bonds is 8. The number of nitrogens with one attached hydrogen (secondary N) is 1. The van der Waals surface area contributed by atoms with E-state index in [1.807, 2.05) is 27.0 Å². The van der Waals surface area contributed by atoms with Gasteiger partial charge in [0.25, 0.3) is 0 Å². The summed E-state index contributed by atoms with van der Waals surface area (Å²) in [6.45, 7) is 6.70. The fourth-order valence-electron chi connectivity index (χ4n) is 1.50. The van der Waals surface area contributed by atoms with E-state index in [2.05, 4.69) is 15.6 Å². The molecule has 0 unspecified atom stereocenters. The largest absolute Gasteiger partial charge is 0.355 e. The molecule has 0 fully saturated rings. The molecule has 1 aromatic heterocycles. The van der Waals surface area contributed by atoms with Gasteiger partial charge >= 0.3 is 0 Å². The number of carbonyl (C=O) groups is 2. The molecule has 0 bridgehead atoms. The zero-order valence-electron chi connectivity index (χ0n) is 11.8. The Morgan fingerprint density at radius 3 is 2.84 bits per heavy atom. The van der Waals surface area contributed by atoms with Crippen molar-refractivity contribution < 1.29 is 11.0 Å². The van der Waals surface area contributed by atoms with Crippen LogP contribution >= 0.6 is 0 Å². The van der Waals surface area contributed by atoms with Gasteiger partial charge in [-0.1, -0.05) is 26.0 Å². The van der Waals surface area contributed by atoms with Crippen LogP contribution in [0.4, 0.5) is 0 Å². The van der Waals surface area contributed by atoms with Crippen LogP contribution in [0.2, 0.25) is 0 Å². The molecular weight excluding hydrogens is 244 g/mol. The van der Waals surface area contributed by atoms with E-state index in [1.165, 1.54) is 0 Å². The molecule has 0 aliphatic rings. The fourth-order valence-corrected chi connectivity index (χ4v) is 1.50. The lowest BCUT2D eigenvalue weighted by Crippen LogP contribution is -2.29. The van der Waals surface area contributed by atoms with E-state index in [-0.39, 0.29) is 19.0 Å². The summed E-state index contributed by atoms with van der Waals surface area (Å²) in [6, 6.07) is 0. The van der Waals surface area contributed by atoms with Gasteiger partial charge in [-0.05, 0) is 0 Å². The first-order valence-corrected chi connectivity index (χ1v) is 6.71. The Balaban J connectivity index is 0.00000361. The average Bonchev–Trinajstić information content (AvgIpc) is 2.83. The monoisotopic (exact) mass is 268 g/mol. The molecule has 108 valence electrons. The van der Waals surface area contributed by atoms with Crippen molar-refractivity contribution in [2.75, 3.05) is 6.54 Å². The number of hydrogen-bond donors (Lipinski definition) is 1. The third-order valence-electron chi connectivity index (χ3n) is 2.80. The van der Waals surface area contributed by atoms with Gasteiger partial charge in [0.05, 0.1) is 5.69 Å². The van der Waals surface area contributed by atoms with Crippen molar-refractivity contribution in [3.05, 3.63) is 11.9 Å². The molecule has 6 nitrogen and oxygen atoms in total. The number of Topliss-reactive ketones (excluding diaryl/α,β-unsaturated/α-hetero) is 1. The zero-order chi connectivity index (χ0) is 14.3. The number of aryl methyl sites for hydroxylation is 1. The Bertz CT molecular complexity index is 432. The summed E-state index contributed by atoms with van der Waals surface area (Å²) in [5, 5.41) is 10.8. The number of aromatic nitrogens is 3. The summed E-state index contributed by atoms with van der Waals surface area (Å²) in [5.41, 5.74) is 0.827. The Morgan fingerprint density at radius 1 is 1.47 bits per heavy atom. The highest BCUT2D eigenvalue weighted by atomic mass is 16.1. The number of ketones is 1. The lowest BCUT2D eigenvalue weighted by molar-refractivity contribution is -0.124. The van der Waals surface area contributed by atoms with Gasteiger partial charge < -0.3 is 5.32 Å². The van der Waals surface area contributed by atoms with Crippen molar-refractivity contribution in [2.24, 2.45) is 5.92 Å². The molecule has 1 aromatic rings. The highest BCUT2D eigenvalue weighted by molar-refractivity contribution is 5.78. The molecule has 0 atom stereocenters. The first kappa shape index (κ1) is 15.3. The van der Waals surface area contributed by atoms with Crippen LogP contribution in [0.3, 0.4) is 0 Å². The highest BCUT2D eigenvalue weighted by Crippen LogP contribution is 1.98. The van der Waals surface area contributed by atoms with Crippen LogP contribution in [0.5, 0.6) is 0 Å². The summed E-state index contributed by atoms with van der Waals surface area (Å²) < 4.78 is 1.67. The standard InChI is InChI=1S/C13H22N4O2.H2/c1-4-12(18)6-8-17-9-11(15-16-17)5-7-14-13(19)10(2)3;/h9-10H,4-8H2,1-3H3,(H,14,19);1H. The molecule has 1 N–H and O–H groups in total. The Kier molecular flexibility index (Phi) is 6.18. The van der Waals surface area contributed by atoms with E-state index in [1.54, 1.807) is 4.68 Å². The van der Waals surface area contributed by atoms with Crippen LogP contribution in [0.25, 0.3) is 0 Å². The highest BCUT2D eigenvalue weighted by Gasteiger charge is 2.07. The summed E-state index contributed by atoms with van der Waals surface area (Å²) in [4.78, 5) is 22.6. The minimum Gasteiger partial charge on any atom is -0.355 e. The third kappa shape index (κ3) is 5.63. The van der Waals surface area contributed by atoms with Crippen LogP contribution in [0, 0.1) is 5.92 Å². The lowest BCUT2D eigenvalue weighted by atomic mass is 10.2. The third-order valence-corrected chi connectivity index (χ3v) is 2.80. The van der Waals surface area contributed by atoms with Crippen molar-refractivity contribution in [3.8, 4) is 0 Å². The SMILES string of the molecule is CCC(=O)CCn1cc(CCNC(=O)C(C)C)nn1.[HH]. The van der Waals surface area contributed by atoms with Gasteiger partial charge in [0.2, 0.25) is 5.91 Å². The second kappa shape index (κ2) is 7.66. The normalized spacial score (nSPS) is 10.7. The van der Waals surface area contributed by atoms with Crippen LogP contribution in [0.1, 0.15) is 40.7 Å². The van der Waals surface area contributed by atoms with Gasteiger partial charge in [-0.3, -0.25) is 14.3 Å². The molecule has 0 spiro atoms. The molecule has 0 saturated carbocycles. The number of hydrogen-bond acceptors (Lipinski definition) is 4. The van der Waals surface area contributed by atoms with Gasteiger partial charge in [-0.15, -0.1) is 5.10 Å². The summed E-state index contributed by atoms with van der Waals surface area (Å²) in [7, 11) is 0. The maximum Gasteiger partial charge on any atom is 0.222 e. The molecule has 0 aromatic carbocycles. The predicted molar refractivity (Wildman–Crippen MR) is 73.6 cm³/mol. The molecular formula is C13H24N4O2. The topological polar surface area (TPSA) is 76.9 Å². The zero-order valence-corrected chi connectivity index (χ0v) is 11.8. The molecule has 19 heavy (non-hydrogen) atoms. The van der Waals surface area contributed by atoms with Gasteiger partial charge in [0.15, 0.2) is 0 Å². The van der Waals surface area contributed by atoms with E-state index in [9.17, 15) is 9.59 Å². The van der Waals surface area contributed by atoms with Gasteiger partial charge in [-0.2, -0.15) is 0 Å². The molecule has 1 rings (SSSR count). The van der Waals surface area contributed by atoms with Gasteiger partial charge in [0.1, 0.15) is 5.78 Å². The molecule has 1 heterocycles. The first-order chi connectivity index (χ1) is 9.02. The molecule has 6 heteroatoms. The van der Waals surface area contributed by atoms with Crippen molar-refractivity contribution in [2.45, 2.75) is 46.6 Å². The maximum atomic E-state index is 11.4. The van der Waals surface area contributed by atoms with Crippen LogP contribution < -0.4 is 5.32 Å². The Hall–Kier alpha value is -1.72. The van der Waals surface area contributed by atoms with Crippen LogP contribution in [-0.2, 0) is 22.6 Å². The average molecular weight is 268 g/mol. The summed E-state index contributed by atoms with van der Waals surface area (Å²) in [5.74, 6) is 0.262. The van der Waals surface area contributed by atoms with Crippen molar-refractivity contribution in [1.29, 1.82) is 0 Å². The Morgan fingerprint density at radius 2 is 2.21 bits per heavy atom. The summed E-state index contributed by atoms with van der Waals surface area (Å²) >= 11 is 0. The number of carbonyl (C=O) groups excluding carboxylic acids is 2. The van der Waals surface area contributed by atoms with E-state index >= 15 is 0 Å². The molecule has 0 saturated heterocycles. The maximum absolute atomic E-state index is 11.4. The van der Waals surface area contributed by atoms with E-state index in [0.29, 0.717) is 32.4 Å². The molecule has 1 amide bonds. The molecule has 0 aliphatic carbocycles. The predicted octanol–water partition coefficient (Wildman–Crippen LogP) is 1.21. The minimum atomic E-state index is -0.00395. The van der Waals surface area contributed by atoms with Gasteiger partial charge in [-0.25, -0.2) is 0 Å². The molecule has 0 radical (unpaired) electrons. The van der Waals surface area contributed by atoms with Gasteiger partial charge in [0, 0.05) is 45.9 Å². The van der Waals surface area contributed by atoms with Crippen molar-refractivity contribution in [1.82, 2.24) is 20.3 Å². The number of amides is 1. The van der Waals surface area contributed by atoms with E-state index in [4.69, 9.17) is 0 Å². The number of nitrogens with zero attached hydrogens (tertiary/aromatic N) is 3. The fraction of sp³-hybridized carbons (Fsp3) is 0.692. The first-order valence-electron chi connectivity index (χ1n) is 6.71. The second-order valence-corrected chi connectivity index (χ2v) is 4.81. The van der Waals surface area contributed by atoms with Crippen LogP contribution in [0.15, 0.2) is 6.20 Å². The lowest BCUT2D eigenvalue weighted by Gasteiger charge is -2.05. The van der Waals surface area contributed by atoms with E-state index < -0.39 is 0 Å². The summed E-state index contributed by atoms with van der Waals surface area (Å²) in [6.07, 6.45) is 3.52. The van der Waals surface area contributed by atoms with E-state index in [0.717, 1.165) is 5.69 Å². The minimum absolute atomic E-state index is 0.